The number of aromatic amines is 1. The van der Waals surface area contributed by atoms with Crippen LogP contribution in [0.3, 0.4) is 0 Å². The normalized spacial score (nSPS) is 23.2. The first-order chi connectivity index (χ1) is 12.6. The third-order valence-corrected chi connectivity index (χ3v) is 5.76. The minimum absolute atomic E-state index is 0.000583. The summed E-state index contributed by atoms with van der Waals surface area (Å²) in [4.78, 5) is 32.4. The Morgan fingerprint density at radius 1 is 1.19 bits per heavy atom. The summed E-state index contributed by atoms with van der Waals surface area (Å²) in [6.07, 6.45) is 6.13. The summed E-state index contributed by atoms with van der Waals surface area (Å²) < 4.78 is 0. The van der Waals surface area contributed by atoms with Gasteiger partial charge in [-0.3, -0.25) is 14.5 Å². The molecule has 2 heterocycles. The molecular weight excluding hydrogens is 348 g/mol. The smallest absolute Gasteiger partial charge is 0.252 e. The molecule has 3 aliphatic rings. The number of rotatable bonds is 5. The number of anilines is 1. The van der Waals surface area contributed by atoms with E-state index in [4.69, 9.17) is 12.2 Å². The van der Waals surface area contributed by atoms with E-state index in [1.54, 1.807) is 4.90 Å². The third kappa shape index (κ3) is 2.67. The van der Waals surface area contributed by atoms with Gasteiger partial charge < -0.3 is 15.2 Å². The van der Waals surface area contributed by atoms with Gasteiger partial charge in [-0.15, -0.1) is 0 Å². The van der Waals surface area contributed by atoms with Crippen LogP contribution in [0.2, 0.25) is 0 Å². The lowest BCUT2D eigenvalue weighted by atomic mass is 10.1. The quantitative estimate of drug-likeness (QED) is 0.796. The summed E-state index contributed by atoms with van der Waals surface area (Å²) in [5, 5.41) is 4.65. The van der Waals surface area contributed by atoms with Crippen LogP contribution in [-0.4, -0.2) is 49.8 Å². The maximum Gasteiger partial charge on any atom is 0.252 e. The van der Waals surface area contributed by atoms with Gasteiger partial charge in [0.1, 0.15) is 6.04 Å². The number of fused-ring (bicyclic) bond motifs is 1. The second kappa shape index (κ2) is 5.81. The molecule has 2 N–H and O–H groups in total. The Hall–Kier alpha value is -2.41. The summed E-state index contributed by atoms with van der Waals surface area (Å²) in [6.45, 7) is 0. The van der Waals surface area contributed by atoms with Crippen LogP contribution in [-0.2, 0) is 9.59 Å². The lowest BCUT2D eigenvalue weighted by Gasteiger charge is -2.23. The number of carbonyl (C=O) groups is 2. The third-order valence-electron chi connectivity index (χ3n) is 5.36. The van der Waals surface area contributed by atoms with Crippen molar-refractivity contribution < 1.29 is 9.59 Å². The summed E-state index contributed by atoms with van der Waals surface area (Å²) >= 11 is 5.57. The van der Waals surface area contributed by atoms with E-state index in [0.29, 0.717) is 11.2 Å². The van der Waals surface area contributed by atoms with Crippen LogP contribution in [0.1, 0.15) is 32.1 Å². The molecule has 1 aromatic carbocycles. The standard InChI is InChI=1S/C19H20N4O2S/c24-17(21-12-2-1-11-7-8-20-15(11)9-12)10-16-18(25)23(14-5-6-14)19(26)22(16)13-3-4-13/h1-2,7-9,13-14,16,20H,3-6,10H2,(H,21,24). The van der Waals surface area contributed by atoms with Crippen LogP contribution < -0.4 is 5.32 Å². The summed E-state index contributed by atoms with van der Waals surface area (Å²) in [5.41, 5.74) is 1.70. The van der Waals surface area contributed by atoms with Crippen LogP contribution >= 0.6 is 12.2 Å². The van der Waals surface area contributed by atoms with Gasteiger partial charge in [0.25, 0.3) is 5.91 Å². The Bertz CT molecular complexity index is 915. The second-order valence-corrected chi connectivity index (χ2v) is 7.77. The fourth-order valence-corrected chi connectivity index (χ4v) is 4.28. The molecule has 0 radical (unpaired) electrons. The molecule has 1 aliphatic heterocycles. The van der Waals surface area contributed by atoms with Gasteiger partial charge in [0, 0.05) is 29.5 Å². The van der Waals surface area contributed by atoms with Crippen molar-refractivity contribution in [2.75, 3.05) is 5.32 Å². The van der Waals surface area contributed by atoms with Crippen molar-refractivity contribution in [3.63, 3.8) is 0 Å². The molecule has 7 heteroatoms. The van der Waals surface area contributed by atoms with Gasteiger partial charge in [0.05, 0.1) is 6.42 Å². The van der Waals surface area contributed by atoms with E-state index in [2.05, 4.69) is 10.3 Å². The minimum Gasteiger partial charge on any atom is -0.361 e. The van der Waals surface area contributed by atoms with Crippen molar-refractivity contribution in [1.29, 1.82) is 0 Å². The number of nitrogens with one attached hydrogen (secondary N) is 2. The lowest BCUT2D eigenvalue weighted by molar-refractivity contribution is -0.131. The Balaban J connectivity index is 1.32. The van der Waals surface area contributed by atoms with E-state index >= 15 is 0 Å². The number of carbonyl (C=O) groups excluding carboxylic acids is 2. The molecule has 26 heavy (non-hydrogen) atoms. The number of nitrogens with zero attached hydrogens (tertiary/aromatic N) is 2. The number of amides is 2. The Morgan fingerprint density at radius 2 is 1.96 bits per heavy atom. The molecule has 2 saturated carbocycles. The minimum atomic E-state index is -0.454. The Labute approximate surface area is 156 Å². The van der Waals surface area contributed by atoms with Gasteiger partial charge >= 0.3 is 0 Å². The highest BCUT2D eigenvalue weighted by Gasteiger charge is 2.52. The molecular formula is C19H20N4O2S. The van der Waals surface area contributed by atoms with Gasteiger partial charge in [0.15, 0.2) is 5.11 Å². The fourth-order valence-electron chi connectivity index (χ4n) is 3.76. The largest absolute Gasteiger partial charge is 0.361 e. The highest BCUT2D eigenvalue weighted by molar-refractivity contribution is 7.80. The second-order valence-electron chi connectivity index (χ2n) is 7.41. The fraction of sp³-hybridized carbons (Fsp3) is 0.421. The zero-order valence-corrected chi connectivity index (χ0v) is 15.1. The van der Waals surface area contributed by atoms with Crippen LogP contribution in [0.5, 0.6) is 0 Å². The van der Waals surface area contributed by atoms with Gasteiger partial charge in [-0.25, -0.2) is 0 Å². The molecule has 3 fully saturated rings. The number of benzene rings is 1. The van der Waals surface area contributed by atoms with E-state index < -0.39 is 6.04 Å². The van der Waals surface area contributed by atoms with Crippen molar-refractivity contribution in [3.8, 4) is 0 Å². The zero-order chi connectivity index (χ0) is 17.8. The number of hydrogen-bond donors (Lipinski definition) is 2. The Morgan fingerprint density at radius 3 is 2.69 bits per heavy atom. The maximum atomic E-state index is 12.9. The Kier molecular flexibility index (Phi) is 3.53. The first kappa shape index (κ1) is 15.8. The van der Waals surface area contributed by atoms with E-state index in [1.807, 2.05) is 35.4 Å². The van der Waals surface area contributed by atoms with E-state index in [9.17, 15) is 9.59 Å². The van der Waals surface area contributed by atoms with Gasteiger partial charge in [-0.1, -0.05) is 6.07 Å². The number of thiocarbonyl (C=S) groups is 1. The van der Waals surface area contributed by atoms with Crippen LogP contribution in [0, 0.1) is 0 Å². The van der Waals surface area contributed by atoms with Gasteiger partial charge in [-0.2, -0.15) is 0 Å². The average molecular weight is 368 g/mol. The molecule has 0 spiro atoms. The molecule has 1 atom stereocenters. The van der Waals surface area contributed by atoms with Crippen molar-refractivity contribution in [3.05, 3.63) is 30.5 Å². The lowest BCUT2D eigenvalue weighted by Crippen LogP contribution is -2.39. The van der Waals surface area contributed by atoms with E-state index in [1.165, 1.54) is 0 Å². The summed E-state index contributed by atoms with van der Waals surface area (Å²) in [6, 6.07) is 7.85. The molecule has 1 aromatic heterocycles. The van der Waals surface area contributed by atoms with Crippen molar-refractivity contribution in [2.24, 2.45) is 0 Å². The predicted octanol–water partition coefficient (Wildman–Crippen LogP) is 2.62. The number of aromatic nitrogens is 1. The number of hydrogen-bond acceptors (Lipinski definition) is 3. The molecule has 1 unspecified atom stereocenters. The molecule has 2 amide bonds. The predicted molar refractivity (Wildman–Crippen MR) is 103 cm³/mol. The molecule has 134 valence electrons. The van der Waals surface area contributed by atoms with Crippen molar-refractivity contribution in [1.82, 2.24) is 14.8 Å². The average Bonchev–Trinajstić information content (AvgIpc) is 3.53. The molecule has 6 nitrogen and oxygen atoms in total. The first-order valence-corrected chi connectivity index (χ1v) is 9.55. The highest BCUT2D eigenvalue weighted by Crippen LogP contribution is 2.39. The molecule has 2 aromatic rings. The maximum absolute atomic E-state index is 12.9. The summed E-state index contributed by atoms with van der Waals surface area (Å²) in [5.74, 6) is -0.153. The van der Waals surface area contributed by atoms with E-state index in [0.717, 1.165) is 42.3 Å². The van der Waals surface area contributed by atoms with Crippen LogP contribution in [0.25, 0.3) is 10.9 Å². The summed E-state index contributed by atoms with van der Waals surface area (Å²) in [7, 11) is 0. The topological polar surface area (TPSA) is 68.4 Å². The SMILES string of the molecule is O=C(CC1C(=O)N(C2CC2)C(=S)N1C1CC1)Nc1ccc2cc[nH]c2c1. The van der Waals surface area contributed by atoms with Crippen molar-refractivity contribution >= 4 is 45.7 Å². The zero-order valence-electron chi connectivity index (χ0n) is 14.3. The number of H-pyrrole nitrogens is 1. The van der Waals surface area contributed by atoms with Gasteiger partial charge in [0.2, 0.25) is 5.91 Å². The van der Waals surface area contributed by atoms with Crippen LogP contribution in [0.4, 0.5) is 5.69 Å². The molecule has 1 saturated heterocycles. The van der Waals surface area contributed by atoms with Gasteiger partial charge in [-0.05, 0) is 61.5 Å². The molecule has 0 bridgehead atoms. The highest BCUT2D eigenvalue weighted by atomic mass is 32.1. The van der Waals surface area contributed by atoms with Crippen LogP contribution in [0.15, 0.2) is 30.5 Å². The first-order valence-electron chi connectivity index (χ1n) is 9.14. The van der Waals surface area contributed by atoms with Crippen molar-refractivity contribution in [2.45, 2.75) is 50.2 Å². The van der Waals surface area contributed by atoms with E-state index in [-0.39, 0.29) is 24.3 Å². The molecule has 2 aliphatic carbocycles. The molecule has 5 rings (SSSR count). The monoisotopic (exact) mass is 368 g/mol.